The quantitative estimate of drug-likeness (QED) is 0.581. The number of aryl methyl sites for hydroxylation is 3. The fourth-order valence-corrected chi connectivity index (χ4v) is 3.73. The Morgan fingerprint density at radius 2 is 1.67 bits per heavy atom. The first-order valence-electron chi connectivity index (χ1n) is 7.55. The van der Waals surface area contributed by atoms with Crippen molar-refractivity contribution in [1.29, 1.82) is 0 Å². The van der Waals surface area contributed by atoms with Gasteiger partial charge in [0.2, 0.25) is 6.33 Å². The molecule has 0 saturated heterocycles. The van der Waals surface area contributed by atoms with Crippen molar-refractivity contribution in [2.75, 3.05) is 6.66 Å². The summed E-state index contributed by atoms with van der Waals surface area (Å²) in [5, 5.41) is 0.403. The zero-order valence-electron chi connectivity index (χ0n) is 14.4. The maximum absolute atomic E-state index is 2.39. The van der Waals surface area contributed by atoms with Crippen LogP contribution in [0, 0.1) is 20.8 Å². The number of hydrogen-bond acceptors (Lipinski definition) is 0. The zero-order valence-corrected chi connectivity index (χ0v) is 15.3. The molecule has 0 aliphatic heterocycles. The van der Waals surface area contributed by atoms with E-state index in [4.69, 9.17) is 0 Å². The van der Waals surface area contributed by atoms with E-state index in [0.29, 0.717) is 5.16 Å². The Balaban J connectivity index is 2.29. The molecule has 1 atom stereocenters. The Morgan fingerprint density at radius 1 is 1.10 bits per heavy atom. The van der Waals surface area contributed by atoms with Crippen molar-refractivity contribution in [1.82, 2.24) is 4.57 Å². The Morgan fingerprint density at radius 3 is 2.19 bits per heavy atom. The lowest BCUT2D eigenvalue weighted by Gasteiger charge is -2.25. The van der Waals surface area contributed by atoms with E-state index in [9.17, 15) is 0 Å². The lowest BCUT2D eigenvalue weighted by atomic mass is 10.1. The first-order valence-corrected chi connectivity index (χ1v) is 9.52. The monoisotopic (exact) mass is 303 g/mol. The summed E-state index contributed by atoms with van der Waals surface area (Å²) in [6.07, 6.45) is 7.73. The normalized spacial score (nSPS) is 13.5. The van der Waals surface area contributed by atoms with Crippen LogP contribution in [-0.2, 0) is 6.29 Å². The SMILES string of the molecule is Cc1cc(C)c(-n2cc[n+](CP(C)C(C)(C)C)c2)c(C)c1. The largest absolute Gasteiger partial charge is 0.249 e. The van der Waals surface area contributed by atoms with Gasteiger partial charge >= 0.3 is 0 Å². The van der Waals surface area contributed by atoms with Crippen LogP contribution in [0.3, 0.4) is 0 Å². The van der Waals surface area contributed by atoms with Crippen molar-refractivity contribution >= 4 is 7.92 Å². The molecule has 0 bridgehead atoms. The van der Waals surface area contributed by atoms with Gasteiger partial charge in [0.05, 0.1) is 0 Å². The third-order valence-corrected chi connectivity index (χ3v) is 7.15. The number of hydrogen-bond donors (Lipinski definition) is 0. The smallest absolute Gasteiger partial charge is 0.233 e. The number of benzene rings is 1. The van der Waals surface area contributed by atoms with Crippen molar-refractivity contribution in [3.63, 3.8) is 0 Å². The molecule has 2 aromatic rings. The van der Waals surface area contributed by atoms with E-state index in [1.54, 1.807) is 0 Å². The minimum absolute atomic E-state index is 0.0243. The predicted molar refractivity (Wildman–Crippen MR) is 92.8 cm³/mol. The van der Waals surface area contributed by atoms with Crippen LogP contribution >= 0.6 is 7.92 Å². The molecule has 1 aromatic heterocycles. The number of rotatable bonds is 3. The average molecular weight is 303 g/mol. The van der Waals surface area contributed by atoms with Gasteiger partial charge in [-0.15, -0.1) is 0 Å². The number of aromatic nitrogens is 2. The molecule has 1 heterocycles. The minimum Gasteiger partial charge on any atom is -0.233 e. The summed E-state index contributed by atoms with van der Waals surface area (Å²) < 4.78 is 4.59. The molecule has 114 valence electrons. The Labute approximate surface area is 130 Å². The summed E-state index contributed by atoms with van der Waals surface area (Å²) in [4.78, 5) is 0. The summed E-state index contributed by atoms with van der Waals surface area (Å²) >= 11 is 0. The standard InChI is InChI=1S/C18H28N2P/c1-14-10-15(2)17(16(3)11-14)20-9-8-19(12-20)13-21(7)18(4,5)6/h8-12H,13H2,1-7H3/q+1. The molecule has 0 spiro atoms. The van der Waals surface area contributed by atoms with Gasteiger partial charge in [-0.2, -0.15) is 0 Å². The third kappa shape index (κ3) is 3.74. The topological polar surface area (TPSA) is 8.81 Å². The van der Waals surface area contributed by atoms with Gasteiger partial charge in [0, 0.05) is 0 Å². The van der Waals surface area contributed by atoms with Crippen molar-refractivity contribution in [3.8, 4) is 5.69 Å². The van der Waals surface area contributed by atoms with Gasteiger partial charge in [0.15, 0.2) is 0 Å². The van der Waals surface area contributed by atoms with Crippen LogP contribution in [0.25, 0.3) is 5.69 Å². The van der Waals surface area contributed by atoms with Gasteiger partial charge < -0.3 is 0 Å². The van der Waals surface area contributed by atoms with E-state index >= 15 is 0 Å². The van der Waals surface area contributed by atoms with Gasteiger partial charge in [-0.25, -0.2) is 9.13 Å². The summed E-state index contributed by atoms with van der Waals surface area (Å²) in [5.41, 5.74) is 5.32. The van der Waals surface area contributed by atoms with Crippen LogP contribution in [-0.4, -0.2) is 16.4 Å². The molecule has 1 aromatic carbocycles. The highest BCUT2D eigenvalue weighted by molar-refractivity contribution is 7.57. The van der Waals surface area contributed by atoms with Crippen molar-refractivity contribution in [2.24, 2.45) is 0 Å². The molecule has 0 saturated carbocycles. The second-order valence-corrected chi connectivity index (χ2v) is 10.1. The average Bonchev–Trinajstić information content (AvgIpc) is 2.74. The molecule has 0 fully saturated rings. The highest BCUT2D eigenvalue weighted by Crippen LogP contribution is 2.45. The van der Waals surface area contributed by atoms with Gasteiger partial charge in [-0.1, -0.05) is 46.4 Å². The maximum Gasteiger partial charge on any atom is 0.249 e. The maximum atomic E-state index is 2.39. The minimum atomic E-state index is -0.0243. The molecule has 0 aliphatic carbocycles. The second-order valence-electron chi connectivity index (χ2n) is 7.09. The molecule has 3 heteroatoms. The Bertz CT molecular complexity index is 612. The van der Waals surface area contributed by atoms with Gasteiger partial charge in [0.25, 0.3) is 0 Å². The first-order chi connectivity index (χ1) is 9.68. The molecule has 1 unspecified atom stereocenters. The van der Waals surface area contributed by atoms with Crippen LogP contribution in [0.2, 0.25) is 0 Å². The van der Waals surface area contributed by atoms with Crippen LogP contribution < -0.4 is 4.57 Å². The number of nitrogens with zero attached hydrogens (tertiary/aromatic N) is 2. The van der Waals surface area contributed by atoms with E-state index < -0.39 is 0 Å². The zero-order chi connectivity index (χ0) is 15.8. The molecule has 2 nitrogen and oxygen atoms in total. The van der Waals surface area contributed by atoms with E-state index in [-0.39, 0.29) is 7.92 Å². The fourth-order valence-electron chi connectivity index (χ4n) is 2.65. The highest BCUT2D eigenvalue weighted by Gasteiger charge is 2.22. The lowest BCUT2D eigenvalue weighted by Crippen LogP contribution is -2.32. The van der Waals surface area contributed by atoms with Crippen molar-refractivity contribution in [3.05, 3.63) is 47.5 Å². The molecular formula is C18H28N2P+. The molecule has 0 aliphatic rings. The summed E-state index contributed by atoms with van der Waals surface area (Å²) in [6.45, 7) is 16.0. The van der Waals surface area contributed by atoms with E-state index in [1.165, 1.54) is 22.4 Å². The molecule has 2 rings (SSSR count). The lowest BCUT2D eigenvalue weighted by molar-refractivity contribution is -0.676. The van der Waals surface area contributed by atoms with Crippen molar-refractivity contribution in [2.45, 2.75) is 53.0 Å². The third-order valence-electron chi connectivity index (χ3n) is 4.11. The van der Waals surface area contributed by atoms with E-state index in [2.05, 4.69) is 88.2 Å². The van der Waals surface area contributed by atoms with Crippen LogP contribution in [0.15, 0.2) is 30.9 Å². The summed E-state index contributed by atoms with van der Waals surface area (Å²) in [6, 6.07) is 4.52. The second kappa shape index (κ2) is 5.93. The van der Waals surface area contributed by atoms with Gasteiger partial charge in [-0.3, -0.25) is 0 Å². The van der Waals surface area contributed by atoms with Crippen LogP contribution in [0.5, 0.6) is 0 Å². The first kappa shape index (κ1) is 16.2. The molecule has 0 amide bonds. The fraction of sp³-hybridized carbons (Fsp3) is 0.500. The van der Waals surface area contributed by atoms with E-state index in [1.807, 2.05) is 0 Å². The van der Waals surface area contributed by atoms with Crippen LogP contribution in [0.4, 0.5) is 0 Å². The van der Waals surface area contributed by atoms with Crippen LogP contribution in [0.1, 0.15) is 37.5 Å². The predicted octanol–water partition coefficient (Wildman–Crippen LogP) is 4.56. The Kier molecular flexibility index (Phi) is 4.58. The molecule has 0 N–H and O–H groups in total. The van der Waals surface area contributed by atoms with E-state index in [0.717, 1.165) is 6.29 Å². The molecule has 0 radical (unpaired) electrons. The molecular weight excluding hydrogens is 275 g/mol. The summed E-state index contributed by atoms with van der Waals surface area (Å²) in [7, 11) is -0.0243. The van der Waals surface area contributed by atoms with Crippen molar-refractivity contribution < 1.29 is 4.57 Å². The highest BCUT2D eigenvalue weighted by atomic mass is 31.1. The van der Waals surface area contributed by atoms with Gasteiger partial charge in [0.1, 0.15) is 24.4 Å². The van der Waals surface area contributed by atoms with Gasteiger partial charge in [-0.05, 0) is 43.7 Å². The summed E-state index contributed by atoms with van der Waals surface area (Å²) in [5.74, 6) is 0. The molecule has 21 heavy (non-hydrogen) atoms. The number of imidazole rings is 1. The Hall–Kier alpha value is -1.14.